The normalized spacial score (nSPS) is 13.7. The quantitative estimate of drug-likeness (QED) is 0.290. The lowest BCUT2D eigenvalue weighted by molar-refractivity contribution is 0.102. The molecule has 1 aliphatic rings. The van der Waals surface area contributed by atoms with Gasteiger partial charge in [-0.3, -0.25) is 4.79 Å². The fourth-order valence-corrected chi connectivity index (χ4v) is 4.77. The minimum atomic E-state index is -0.709. The molecule has 9 nitrogen and oxygen atoms in total. The number of amides is 1. The largest absolute Gasteiger partial charge is 0.504 e. The van der Waals surface area contributed by atoms with E-state index in [-0.39, 0.29) is 17.5 Å². The Morgan fingerprint density at radius 1 is 1.05 bits per heavy atom. The SMILES string of the molecule is COc1cccc(-c2cc(C(=O)Nc3cc4cc(O)c(OC5CCNCC5)c(C)c4oc3=O)ccc2OC)c1. The molecule has 5 rings (SSSR count). The van der Waals surface area contributed by atoms with Crippen molar-refractivity contribution < 1.29 is 28.5 Å². The van der Waals surface area contributed by atoms with Crippen LogP contribution < -0.4 is 30.5 Å². The second-order valence-electron chi connectivity index (χ2n) is 9.38. The summed E-state index contributed by atoms with van der Waals surface area (Å²) in [4.78, 5) is 26.1. The van der Waals surface area contributed by atoms with Crippen LogP contribution in [0.1, 0.15) is 28.8 Å². The summed E-state index contributed by atoms with van der Waals surface area (Å²) in [5, 5.41) is 17.1. The van der Waals surface area contributed by atoms with Crippen molar-refractivity contribution in [3.8, 4) is 34.1 Å². The van der Waals surface area contributed by atoms with Gasteiger partial charge in [-0.15, -0.1) is 0 Å². The van der Waals surface area contributed by atoms with Gasteiger partial charge < -0.3 is 34.4 Å². The Labute approximate surface area is 225 Å². The first-order valence-corrected chi connectivity index (χ1v) is 12.7. The molecule has 202 valence electrons. The molecule has 0 radical (unpaired) electrons. The highest BCUT2D eigenvalue weighted by atomic mass is 16.5. The topological polar surface area (TPSA) is 119 Å². The van der Waals surface area contributed by atoms with Crippen LogP contribution in [-0.4, -0.2) is 44.4 Å². The standard InChI is InChI=1S/C30H30N2O7/c1-17-27-20(16-25(33)28(17)38-21-9-11-31-12-10-21)15-24(30(35)39-27)32-29(34)19-7-8-26(37-3)23(14-19)18-5-4-6-22(13-18)36-2/h4-8,13-16,21,31,33H,9-12H2,1-3H3,(H,32,34). The lowest BCUT2D eigenvalue weighted by atomic mass is 10.0. The number of aromatic hydroxyl groups is 1. The van der Waals surface area contributed by atoms with Crippen molar-refractivity contribution in [3.63, 3.8) is 0 Å². The van der Waals surface area contributed by atoms with Gasteiger partial charge in [0.2, 0.25) is 0 Å². The van der Waals surface area contributed by atoms with Crippen molar-refractivity contribution in [2.45, 2.75) is 25.9 Å². The molecule has 9 heteroatoms. The number of hydrogen-bond acceptors (Lipinski definition) is 8. The van der Waals surface area contributed by atoms with Gasteiger partial charge in [-0.25, -0.2) is 4.79 Å². The van der Waals surface area contributed by atoms with Gasteiger partial charge in [0.15, 0.2) is 11.5 Å². The molecule has 39 heavy (non-hydrogen) atoms. The number of hydrogen-bond donors (Lipinski definition) is 3. The fourth-order valence-electron chi connectivity index (χ4n) is 4.77. The number of phenolic OH excluding ortho intramolecular Hbond substituents is 1. The first-order chi connectivity index (χ1) is 18.9. The van der Waals surface area contributed by atoms with E-state index in [4.69, 9.17) is 18.6 Å². The number of fused-ring (bicyclic) bond motifs is 1. The van der Waals surface area contributed by atoms with E-state index in [1.165, 1.54) is 12.1 Å². The maximum atomic E-state index is 13.2. The predicted octanol–water partition coefficient (Wildman–Crippen LogP) is 4.87. The van der Waals surface area contributed by atoms with Crippen molar-refractivity contribution in [2.75, 3.05) is 32.6 Å². The zero-order chi connectivity index (χ0) is 27.5. The van der Waals surface area contributed by atoms with Crippen LogP contribution in [0.4, 0.5) is 5.69 Å². The molecule has 2 heterocycles. The number of nitrogens with one attached hydrogen (secondary N) is 2. The number of carbonyl (C=O) groups excluding carboxylic acids is 1. The molecule has 1 aliphatic heterocycles. The number of ether oxygens (including phenoxy) is 3. The van der Waals surface area contributed by atoms with E-state index in [1.807, 2.05) is 24.3 Å². The molecule has 0 aliphatic carbocycles. The average molecular weight is 531 g/mol. The highest BCUT2D eigenvalue weighted by Crippen LogP contribution is 2.38. The summed E-state index contributed by atoms with van der Waals surface area (Å²) >= 11 is 0. The zero-order valence-electron chi connectivity index (χ0n) is 22.0. The molecule has 1 saturated heterocycles. The van der Waals surface area contributed by atoms with Gasteiger partial charge in [0.25, 0.3) is 5.91 Å². The molecule has 3 aromatic carbocycles. The Morgan fingerprint density at radius 3 is 2.59 bits per heavy atom. The number of phenols is 1. The summed E-state index contributed by atoms with van der Waals surface area (Å²) in [7, 11) is 3.14. The summed E-state index contributed by atoms with van der Waals surface area (Å²) in [5.41, 5.74) is 1.88. The molecule has 1 aromatic heterocycles. The fraction of sp³-hybridized carbons (Fsp3) is 0.267. The number of benzene rings is 3. The lowest BCUT2D eigenvalue weighted by Crippen LogP contribution is -2.34. The Morgan fingerprint density at radius 2 is 1.85 bits per heavy atom. The van der Waals surface area contributed by atoms with Gasteiger partial charge in [-0.05, 0) is 80.9 Å². The number of rotatable bonds is 7. The van der Waals surface area contributed by atoms with E-state index in [2.05, 4.69) is 10.6 Å². The van der Waals surface area contributed by atoms with E-state index >= 15 is 0 Å². The molecule has 0 unspecified atom stereocenters. The van der Waals surface area contributed by atoms with Gasteiger partial charge >= 0.3 is 5.63 Å². The molecule has 0 atom stereocenters. The molecule has 0 bridgehead atoms. The minimum Gasteiger partial charge on any atom is -0.504 e. The van der Waals surface area contributed by atoms with Gasteiger partial charge in [0.05, 0.1) is 14.2 Å². The zero-order valence-corrected chi connectivity index (χ0v) is 22.0. The third-order valence-electron chi connectivity index (χ3n) is 6.84. The van der Waals surface area contributed by atoms with E-state index in [9.17, 15) is 14.7 Å². The third kappa shape index (κ3) is 5.39. The number of aryl methyl sites for hydroxylation is 1. The average Bonchev–Trinajstić information content (AvgIpc) is 2.96. The van der Waals surface area contributed by atoms with Crippen molar-refractivity contribution >= 4 is 22.6 Å². The van der Waals surface area contributed by atoms with Crippen LogP contribution in [0.15, 0.2) is 63.8 Å². The Kier molecular flexibility index (Phi) is 7.42. The second-order valence-corrected chi connectivity index (χ2v) is 9.38. The predicted molar refractivity (Wildman–Crippen MR) is 148 cm³/mol. The molecule has 3 N–H and O–H groups in total. The van der Waals surface area contributed by atoms with Crippen LogP contribution in [0.3, 0.4) is 0 Å². The molecule has 1 fully saturated rings. The number of carbonyl (C=O) groups is 1. The summed E-state index contributed by atoms with van der Waals surface area (Å²) in [6.07, 6.45) is 1.60. The number of methoxy groups -OCH3 is 2. The summed E-state index contributed by atoms with van der Waals surface area (Å²) in [5.74, 6) is 1.00. The van der Waals surface area contributed by atoms with Crippen LogP contribution in [-0.2, 0) is 0 Å². The highest BCUT2D eigenvalue weighted by Gasteiger charge is 2.21. The van der Waals surface area contributed by atoms with E-state index in [0.717, 1.165) is 31.5 Å². The van der Waals surface area contributed by atoms with Crippen molar-refractivity contribution in [3.05, 3.63) is 76.1 Å². The third-order valence-corrected chi connectivity index (χ3v) is 6.84. The van der Waals surface area contributed by atoms with Crippen LogP contribution >= 0.6 is 0 Å². The molecule has 4 aromatic rings. The van der Waals surface area contributed by atoms with Gasteiger partial charge in [0, 0.05) is 22.1 Å². The first-order valence-electron chi connectivity index (χ1n) is 12.7. The van der Waals surface area contributed by atoms with Crippen molar-refractivity contribution in [1.29, 1.82) is 0 Å². The van der Waals surface area contributed by atoms with E-state index in [0.29, 0.717) is 44.9 Å². The molecular formula is C30H30N2O7. The minimum absolute atomic E-state index is 0.0371. The monoisotopic (exact) mass is 530 g/mol. The maximum absolute atomic E-state index is 13.2. The van der Waals surface area contributed by atoms with Crippen LogP contribution in [0.2, 0.25) is 0 Å². The first kappa shape index (κ1) is 26.1. The summed E-state index contributed by atoms with van der Waals surface area (Å²) < 4.78 is 22.5. The molecule has 0 spiro atoms. The second kappa shape index (κ2) is 11.1. The number of anilines is 1. The molecule has 1 amide bonds. The van der Waals surface area contributed by atoms with Crippen LogP contribution in [0.5, 0.6) is 23.0 Å². The van der Waals surface area contributed by atoms with E-state index < -0.39 is 11.5 Å². The van der Waals surface area contributed by atoms with Crippen molar-refractivity contribution in [1.82, 2.24) is 5.32 Å². The van der Waals surface area contributed by atoms with Gasteiger partial charge in [-0.1, -0.05) is 12.1 Å². The Balaban J connectivity index is 1.44. The van der Waals surface area contributed by atoms with Gasteiger partial charge in [-0.2, -0.15) is 0 Å². The maximum Gasteiger partial charge on any atom is 0.360 e. The molecule has 0 saturated carbocycles. The van der Waals surface area contributed by atoms with Crippen LogP contribution in [0.25, 0.3) is 22.1 Å². The van der Waals surface area contributed by atoms with Crippen molar-refractivity contribution in [2.24, 2.45) is 0 Å². The van der Waals surface area contributed by atoms with Gasteiger partial charge in [0.1, 0.15) is 28.9 Å². The Bertz CT molecular complexity index is 1590. The van der Waals surface area contributed by atoms with E-state index in [1.54, 1.807) is 39.3 Å². The Hall–Kier alpha value is -4.50. The summed E-state index contributed by atoms with van der Waals surface area (Å²) in [6, 6.07) is 15.4. The summed E-state index contributed by atoms with van der Waals surface area (Å²) in [6.45, 7) is 3.41. The lowest BCUT2D eigenvalue weighted by Gasteiger charge is -2.25. The number of piperidine rings is 1. The smallest absolute Gasteiger partial charge is 0.360 e. The van der Waals surface area contributed by atoms with Crippen LogP contribution in [0, 0.1) is 6.92 Å². The molecular weight excluding hydrogens is 500 g/mol. The highest BCUT2D eigenvalue weighted by molar-refractivity contribution is 6.06.